The summed E-state index contributed by atoms with van der Waals surface area (Å²) in [6.07, 6.45) is 5.56. The average Bonchev–Trinajstić information content (AvgIpc) is 2.86. The maximum Gasteiger partial charge on any atom is 0.409 e. The molecule has 0 saturated carbocycles. The molecule has 4 aromatic rings. The fourth-order valence-corrected chi connectivity index (χ4v) is 5.49. The Labute approximate surface area is 219 Å². The summed E-state index contributed by atoms with van der Waals surface area (Å²) in [5, 5.41) is 45.8. The van der Waals surface area contributed by atoms with Gasteiger partial charge in [-0.2, -0.15) is 9.13 Å². The Balaban J connectivity index is 1.64. The third kappa shape index (κ3) is 4.65. The van der Waals surface area contributed by atoms with Gasteiger partial charge in [-0.1, -0.05) is 45.0 Å². The number of benzene rings is 2. The van der Waals surface area contributed by atoms with E-state index in [1.165, 1.54) is 5.56 Å². The molecule has 0 spiro atoms. The lowest BCUT2D eigenvalue weighted by molar-refractivity contribution is -0.724. The van der Waals surface area contributed by atoms with Gasteiger partial charge >= 0.3 is 11.8 Å². The van der Waals surface area contributed by atoms with Gasteiger partial charge in [0.1, 0.15) is 0 Å². The molecule has 4 N–H and O–H groups in total. The predicted molar refractivity (Wildman–Crippen MR) is 147 cm³/mol. The molecule has 0 aliphatic rings. The lowest BCUT2D eigenvalue weighted by Gasteiger charge is -2.18. The number of hydrogen-bond acceptors (Lipinski definition) is 4. The fraction of sp³-hybridized carbons (Fsp3) is 0.419. The van der Waals surface area contributed by atoms with Crippen molar-refractivity contribution in [3.63, 3.8) is 0 Å². The van der Waals surface area contributed by atoms with E-state index in [1.807, 2.05) is 50.5 Å². The Morgan fingerprint density at radius 2 is 1.24 bits per heavy atom. The van der Waals surface area contributed by atoms with Gasteiger partial charge in [-0.25, -0.2) is 0 Å². The molecule has 6 heteroatoms. The first-order chi connectivity index (χ1) is 17.4. The Morgan fingerprint density at radius 1 is 0.649 bits per heavy atom. The first kappa shape index (κ1) is 26.5. The second kappa shape index (κ2) is 10.1. The monoisotopic (exact) mass is 504 g/mol. The minimum Gasteiger partial charge on any atom is -0.499 e. The van der Waals surface area contributed by atoms with Crippen LogP contribution in [0.15, 0.2) is 42.7 Å². The molecule has 2 aromatic carbocycles. The summed E-state index contributed by atoms with van der Waals surface area (Å²) >= 11 is 0. The smallest absolute Gasteiger partial charge is 0.409 e. The van der Waals surface area contributed by atoms with Gasteiger partial charge in [0.15, 0.2) is 24.5 Å². The predicted octanol–water partition coefficient (Wildman–Crippen LogP) is 6.55. The van der Waals surface area contributed by atoms with Crippen LogP contribution in [-0.4, -0.2) is 20.4 Å². The summed E-state index contributed by atoms with van der Waals surface area (Å²) in [4.78, 5) is 0. The average molecular weight is 505 g/mol. The largest absolute Gasteiger partial charge is 0.499 e. The molecule has 0 fully saturated rings. The van der Waals surface area contributed by atoms with Crippen molar-refractivity contribution in [3.05, 3.63) is 59.4 Å². The van der Waals surface area contributed by atoms with E-state index >= 15 is 0 Å². The van der Waals surface area contributed by atoms with Gasteiger partial charge in [0.05, 0.1) is 10.8 Å². The first-order valence-electron chi connectivity index (χ1n) is 13.2. The maximum absolute atomic E-state index is 10.8. The molecule has 6 nitrogen and oxygen atoms in total. The van der Waals surface area contributed by atoms with Crippen molar-refractivity contribution in [2.75, 3.05) is 0 Å². The molecular formula is C31H40N2O4+2. The SMILES string of the molecule is Cc1c(C(C)CCC(C)[n+]2cc3c(C(C)C)cccc3c(O)c2O)ccc2c(O)c(O)[n+](C(C)C)cc12. The third-order valence-corrected chi connectivity index (χ3v) is 7.86. The highest BCUT2D eigenvalue weighted by Gasteiger charge is 2.27. The summed E-state index contributed by atoms with van der Waals surface area (Å²) < 4.78 is 3.48. The molecule has 2 aromatic heterocycles. The van der Waals surface area contributed by atoms with Crippen LogP contribution < -0.4 is 9.13 Å². The molecule has 0 saturated heterocycles. The number of rotatable bonds is 7. The van der Waals surface area contributed by atoms with Crippen molar-refractivity contribution in [2.24, 2.45) is 0 Å². The zero-order valence-electron chi connectivity index (χ0n) is 22.9. The first-order valence-corrected chi connectivity index (χ1v) is 13.2. The van der Waals surface area contributed by atoms with Crippen LogP contribution in [0.2, 0.25) is 0 Å². The Bertz CT molecular complexity index is 1480. The van der Waals surface area contributed by atoms with E-state index in [0.29, 0.717) is 16.7 Å². The van der Waals surface area contributed by atoms with E-state index in [-0.39, 0.29) is 41.3 Å². The van der Waals surface area contributed by atoms with Gasteiger partial charge in [0.2, 0.25) is 11.5 Å². The molecule has 2 heterocycles. The van der Waals surface area contributed by atoms with Crippen LogP contribution in [0.25, 0.3) is 21.5 Å². The zero-order chi connectivity index (χ0) is 27.2. The molecule has 0 aliphatic carbocycles. The van der Waals surface area contributed by atoms with Gasteiger partial charge < -0.3 is 20.4 Å². The van der Waals surface area contributed by atoms with Gasteiger partial charge in [-0.3, -0.25) is 0 Å². The van der Waals surface area contributed by atoms with Gasteiger partial charge in [-0.15, -0.1) is 0 Å². The fourth-order valence-electron chi connectivity index (χ4n) is 5.49. The van der Waals surface area contributed by atoms with Crippen LogP contribution in [0, 0.1) is 6.92 Å². The van der Waals surface area contributed by atoms with Gasteiger partial charge in [-0.05, 0) is 68.7 Å². The topological polar surface area (TPSA) is 88.7 Å². The highest BCUT2D eigenvalue weighted by Crippen LogP contribution is 2.38. The van der Waals surface area contributed by atoms with Crippen LogP contribution in [0.4, 0.5) is 0 Å². The lowest BCUT2D eigenvalue weighted by atomic mass is 9.88. The highest BCUT2D eigenvalue weighted by atomic mass is 16.3. The molecule has 2 unspecified atom stereocenters. The van der Waals surface area contributed by atoms with E-state index in [4.69, 9.17) is 0 Å². The summed E-state index contributed by atoms with van der Waals surface area (Å²) in [6, 6.07) is 9.74. The Kier molecular flexibility index (Phi) is 7.22. The third-order valence-electron chi connectivity index (χ3n) is 7.86. The Morgan fingerprint density at radius 3 is 1.86 bits per heavy atom. The zero-order valence-corrected chi connectivity index (χ0v) is 22.9. The summed E-state index contributed by atoms with van der Waals surface area (Å²) in [5.41, 5.74) is 3.42. The van der Waals surface area contributed by atoms with Gasteiger partial charge in [0.25, 0.3) is 0 Å². The number of aryl methyl sites for hydroxylation is 1. The molecular weight excluding hydrogens is 464 g/mol. The number of pyridine rings is 2. The number of aromatic nitrogens is 2. The van der Waals surface area contributed by atoms with Gasteiger partial charge in [0, 0.05) is 17.2 Å². The summed E-state index contributed by atoms with van der Waals surface area (Å²) in [5.74, 6) is 0.135. The van der Waals surface area contributed by atoms with E-state index in [2.05, 4.69) is 40.7 Å². The molecule has 0 amide bonds. The lowest BCUT2D eigenvalue weighted by Crippen LogP contribution is -2.38. The van der Waals surface area contributed by atoms with Crippen molar-refractivity contribution in [1.29, 1.82) is 0 Å². The minimum absolute atomic E-state index is 0.0101. The Hall–Kier alpha value is -3.54. The van der Waals surface area contributed by atoms with Crippen LogP contribution >= 0.6 is 0 Å². The number of nitrogens with zero attached hydrogens (tertiary/aromatic N) is 2. The molecule has 2 atom stereocenters. The van der Waals surface area contributed by atoms with Crippen LogP contribution in [-0.2, 0) is 0 Å². The van der Waals surface area contributed by atoms with Crippen LogP contribution in [0.1, 0.15) is 95.0 Å². The molecule has 0 bridgehead atoms. The number of fused-ring (bicyclic) bond motifs is 2. The molecule has 196 valence electrons. The van der Waals surface area contributed by atoms with E-state index in [0.717, 1.165) is 34.7 Å². The van der Waals surface area contributed by atoms with Crippen LogP contribution in [0.3, 0.4) is 0 Å². The summed E-state index contributed by atoms with van der Waals surface area (Å²) in [7, 11) is 0. The number of aromatic hydroxyl groups is 4. The van der Waals surface area contributed by atoms with Crippen molar-refractivity contribution in [1.82, 2.24) is 0 Å². The second-order valence-corrected chi connectivity index (χ2v) is 11.0. The molecule has 0 aliphatic heterocycles. The quantitative estimate of drug-likeness (QED) is 0.215. The van der Waals surface area contributed by atoms with E-state index < -0.39 is 0 Å². The molecule has 0 radical (unpaired) electrons. The van der Waals surface area contributed by atoms with Crippen molar-refractivity contribution >= 4 is 21.5 Å². The van der Waals surface area contributed by atoms with Crippen molar-refractivity contribution < 1.29 is 29.6 Å². The maximum atomic E-state index is 10.8. The minimum atomic E-state index is -0.118. The second-order valence-electron chi connectivity index (χ2n) is 11.0. The standard InChI is InChI=1S/C31H38N2O4/c1-17(2)22-9-8-10-24-27(22)16-33(31(37)28(24)34)20(6)12-11-19(5)23-13-14-25-26(21(23)7)15-32(18(3)4)30(36)29(25)35/h8-10,13-20,34-35H,11-12H2,1-7H3/p+2. The molecule has 4 rings (SSSR count). The summed E-state index contributed by atoms with van der Waals surface area (Å²) in [6.45, 7) is 14.5. The van der Waals surface area contributed by atoms with Crippen molar-refractivity contribution in [3.8, 4) is 23.3 Å². The number of hydrogen-bond donors (Lipinski definition) is 4. The van der Waals surface area contributed by atoms with Crippen LogP contribution in [0.5, 0.6) is 23.3 Å². The van der Waals surface area contributed by atoms with Crippen molar-refractivity contribution in [2.45, 2.75) is 85.2 Å². The normalized spacial score (nSPS) is 13.6. The highest BCUT2D eigenvalue weighted by molar-refractivity contribution is 5.92. The van der Waals surface area contributed by atoms with E-state index in [1.54, 1.807) is 9.13 Å². The van der Waals surface area contributed by atoms with E-state index in [9.17, 15) is 20.4 Å². The molecule has 37 heavy (non-hydrogen) atoms.